The maximum atomic E-state index is 12.9. The molecule has 150 valence electrons. The number of hydrogen-bond acceptors (Lipinski definition) is 2. The standard InChI is InChI=1S/C24H32N2O2/c1-18(2)26(19(3)4)23(27)17-22(16-15-20-11-7-5-8-12-20)25-24(28)21-13-9-6-10-14-21/h5-14,18-19,22H,15-17H2,1-4H3,(H,25,28)/t22-/m1/s1. The van der Waals surface area contributed by atoms with E-state index in [0.717, 1.165) is 12.8 Å². The van der Waals surface area contributed by atoms with E-state index in [1.807, 2.05) is 69.0 Å². The van der Waals surface area contributed by atoms with Crippen LogP contribution in [0.1, 0.15) is 56.5 Å². The Balaban J connectivity index is 2.10. The van der Waals surface area contributed by atoms with Gasteiger partial charge in [0.2, 0.25) is 5.91 Å². The fraction of sp³-hybridized carbons (Fsp3) is 0.417. The van der Waals surface area contributed by atoms with Gasteiger partial charge >= 0.3 is 0 Å². The molecule has 0 aliphatic heterocycles. The van der Waals surface area contributed by atoms with Gasteiger partial charge in [0, 0.05) is 30.1 Å². The van der Waals surface area contributed by atoms with Gasteiger partial charge in [0.1, 0.15) is 0 Å². The summed E-state index contributed by atoms with van der Waals surface area (Å²) in [6.45, 7) is 8.11. The van der Waals surface area contributed by atoms with Crippen molar-refractivity contribution in [2.75, 3.05) is 0 Å². The third kappa shape index (κ3) is 6.52. The molecule has 2 aromatic carbocycles. The smallest absolute Gasteiger partial charge is 0.251 e. The first-order chi connectivity index (χ1) is 13.4. The van der Waals surface area contributed by atoms with Gasteiger partial charge in [-0.3, -0.25) is 9.59 Å². The summed E-state index contributed by atoms with van der Waals surface area (Å²) in [4.78, 5) is 27.5. The number of hydrogen-bond donors (Lipinski definition) is 1. The molecular weight excluding hydrogens is 348 g/mol. The van der Waals surface area contributed by atoms with Crippen LogP contribution in [0.5, 0.6) is 0 Å². The molecule has 2 amide bonds. The normalized spacial score (nSPS) is 12.1. The van der Waals surface area contributed by atoms with E-state index < -0.39 is 0 Å². The maximum absolute atomic E-state index is 12.9. The summed E-state index contributed by atoms with van der Waals surface area (Å²) in [6.07, 6.45) is 1.84. The monoisotopic (exact) mass is 380 g/mol. The van der Waals surface area contributed by atoms with Crippen molar-refractivity contribution in [3.8, 4) is 0 Å². The Hall–Kier alpha value is -2.62. The van der Waals surface area contributed by atoms with E-state index in [-0.39, 0.29) is 29.9 Å². The van der Waals surface area contributed by atoms with Gasteiger partial charge in [-0.2, -0.15) is 0 Å². The third-order valence-corrected chi connectivity index (χ3v) is 4.82. The molecule has 0 aliphatic carbocycles. The second kappa shape index (κ2) is 10.6. The summed E-state index contributed by atoms with van der Waals surface area (Å²) < 4.78 is 0. The number of benzene rings is 2. The van der Waals surface area contributed by atoms with Crippen molar-refractivity contribution in [1.29, 1.82) is 0 Å². The molecule has 1 N–H and O–H groups in total. The van der Waals surface area contributed by atoms with E-state index in [4.69, 9.17) is 0 Å². The topological polar surface area (TPSA) is 49.4 Å². The first kappa shape index (κ1) is 21.7. The van der Waals surface area contributed by atoms with Gasteiger partial charge in [0.25, 0.3) is 5.91 Å². The molecule has 0 radical (unpaired) electrons. The number of rotatable bonds is 9. The summed E-state index contributed by atoms with van der Waals surface area (Å²) in [5, 5.41) is 3.08. The van der Waals surface area contributed by atoms with Gasteiger partial charge in [-0.25, -0.2) is 0 Å². The van der Waals surface area contributed by atoms with E-state index in [2.05, 4.69) is 17.4 Å². The van der Waals surface area contributed by atoms with Gasteiger partial charge in [0.15, 0.2) is 0 Å². The Kier molecular flexibility index (Phi) is 8.24. The summed E-state index contributed by atoms with van der Waals surface area (Å²) in [5.41, 5.74) is 1.82. The molecule has 0 bridgehead atoms. The second-order valence-electron chi connectivity index (χ2n) is 7.75. The van der Waals surface area contributed by atoms with Crippen molar-refractivity contribution in [1.82, 2.24) is 10.2 Å². The van der Waals surface area contributed by atoms with Crippen LogP contribution in [0.2, 0.25) is 0 Å². The lowest BCUT2D eigenvalue weighted by Crippen LogP contribution is -2.46. The Labute approximate surface area is 169 Å². The molecule has 4 heteroatoms. The van der Waals surface area contributed by atoms with Crippen molar-refractivity contribution >= 4 is 11.8 Å². The maximum Gasteiger partial charge on any atom is 0.251 e. The zero-order chi connectivity index (χ0) is 20.5. The van der Waals surface area contributed by atoms with Crippen molar-refractivity contribution in [3.63, 3.8) is 0 Å². The Bertz CT molecular complexity index is 734. The zero-order valence-corrected chi connectivity index (χ0v) is 17.4. The molecule has 4 nitrogen and oxygen atoms in total. The van der Waals surface area contributed by atoms with Crippen molar-refractivity contribution < 1.29 is 9.59 Å². The fourth-order valence-electron chi connectivity index (χ4n) is 3.56. The lowest BCUT2D eigenvalue weighted by Gasteiger charge is -2.32. The summed E-state index contributed by atoms with van der Waals surface area (Å²) in [5.74, 6) is -0.0523. The first-order valence-corrected chi connectivity index (χ1v) is 10.1. The molecule has 2 aromatic rings. The average molecular weight is 381 g/mol. The minimum atomic E-state index is -0.208. The second-order valence-corrected chi connectivity index (χ2v) is 7.75. The largest absolute Gasteiger partial charge is 0.349 e. The van der Waals surface area contributed by atoms with Crippen LogP contribution in [0.15, 0.2) is 60.7 Å². The number of amides is 2. The van der Waals surface area contributed by atoms with Gasteiger partial charge < -0.3 is 10.2 Å². The lowest BCUT2D eigenvalue weighted by molar-refractivity contribution is -0.135. The van der Waals surface area contributed by atoms with Crippen LogP contribution >= 0.6 is 0 Å². The zero-order valence-electron chi connectivity index (χ0n) is 17.4. The van der Waals surface area contributed by atoms with Gasteiger partial charge in [0.05, 0.1) is 0 Å². The highest BCUT2D eigenvalue weighted by Gasteiger charge is 2.24. The average Bonchev–Trinajstić information content (AvgIpc) is 2.67. The van der Waals surface area contributed by atoms with Crippen LogP contribution in [0.3, 0.4) is 0 Å². The van der Waals surface area contributed by atoms with Crippen LogP contribution in [-0.2, 0) is 11.2 Å². The lowest BCUT2D eigenvalue weighted by atomic mass is 10.0. The summed E-state index contributed by atoms with van der Waals surface area (Å²) in [6, 6.07) is 19.4. The quantitative estimate of drug-likeness (QED) is 0.698. The van der Waals surface area contributed by atoms with Gasteiger partial charge in [-0.15, -0.1) is 0 Å². The number of carbonyl (C=O) groups excluding carboxylic acids is 2. The molecule has 0 saturated carbocycles. The first-order valence-electron chi connectivity index (χ1n) is 10.1. The molecule has 0 unspecified atom stereocenters. The predicted octanol–water partition coefficient (Wildman–Crippen LogP) is 4.45. The Morgan fingerprint density at radius 2 is 1.39 bits per heavy atom. The van der Waals surface area contributed by atoms with Crippen molar-refractivity contribution in [2.45, 2.75) is 65.1 Å². The molecule has 0 fully saturated rings. The van der Waals surface area contributed by atoms with Gasteiger partial charge in [-0.1, -0.05) is 48.5 Å². The Morgan fingerprint density at radius 3 is 1.93 bits per heavy atom. The van der Waals surface area contributed by atoms with Crippen molar-refractivity contribution in [2.24, 2.45) is 0 Å². The van der Waals surface area contributed by atoms with Crippen LogP contribution in [0.4, 0.5) is 0 Å². The summed E-state index contributed by atoms with van der Waals surface area (Å²) in [7, 11) is 0. The van der Waals surface area contributed by atoms with E-state index in [1.165, 1.54) is 5.56 Å². The number of nitrogens with zero attached hydrogens (tertiary/aromatic N) is 1. The molecular formula is C24H32N2O2. The number of aryl methyl sites for hydroxylation is 1. The van der Waals surface area contributed by atoms with E-state index in [9.17, 15) is 9.59 Å². The van der Waals surface area contributed by atoms with Gasteiger partial charge in [-0.05, 0) is 58.2 Å². The van der Waals surface area contributed by atoms with Crippen molar-refractivity contribution in [3.05, 3.63) is 71.8 Å². The molecule has 0 saturated heterocycles. The SMILES string of the molecule is CC(C)N(C(=O)C[C@@H](CCc1ccccc1)NC(=O)c1ccccc1)C(C)C. The molecule has 1 atom stereocenters. The minimum absolute atomic E-state index is 0.0800. The van der Waals surface area contributed by atoms with Crippen LogP contribution in [-0.4, -0.2) is 34.8 Å². The third-order valence-electron chi connectivity index (χ3n) is 4.82. The highest BCUT2D eigenvalue weighted by molar-refractivity contribution is 5.94. The molecule has 0 aromatic heterocycles. The minimum Gasteiger partial charge on any atom is -0.349 e. The molecule has 0 heterocycles. The van der Waals surface area contributed by atoms with Crippen LogP contribution < -0.4 is 5.32 Å². The highest BCUT2D eigenvalue weighted by Crippen LogP contribution is 2.14. The molecule has 0 spiro atoms. The predicted molar refractivity (Wildman–Crippen MR) is 114 cm³/mol. The highest BCUT2D eigenvalue weighted by atomic mass is 16.2. The van der Waals surface area contributed by atoms with E-state index in [1.54, 1.807) is 12.1 Å². The van der Waals surface area contributed by atoms with Crippen LogP contribution in [0, 0.1) is 0 Å². The van der Waals surface area contributed by atoms with Crippen LogP contribution in [0.25, 0.3) is 0 Å². The molecule has 28 heavy (non-hydrogen) atoms. The molecule has 2 rings (SSSR count). The fourth-order valence-corrected chi connectivity index (χ4v) is 3.56. The number of nitrogens with one attached hydrogen (secondary N) is 1. The molecule has 0 aliphatic rings. The summed E-state index contributed by atoms with van der Waals surface area (Å²) >= 11 is 0. The van der Waals surface area contributed by atoms with E-state index >= 15 is 0 Å². The van der Waals surface area contributed by atoms with E-state index in [0.29, 0.717) is 12.0 Å². The Morgan fingerprint density at radius 1 is 0.857 bits per heavy atom. The number of carbonyl (C=O) groups is 2.